The van der Waals surface area contributed by atoms with Gasteiger partial charge in [-0.15, -0.1) is 0 Å². The maximum Gasteiger partial charge on any atom is 0.356 e. The standard InChI is InChI=1S/C23H23ClN4O4/c24-17-4-6-19(7-5-17)32-20-3-1-2-16(14-20)15-25-18-8-11-27(12-9-18)23(31)28-13-10-21(26-28)22(29)30/h1-7,10,13-14,18,25H,8-9,11-12,15H2,(H,29,30). The fourth-order valence-corrected chi connectivity index (χ4v) is 3.71. The Labute approximate surface area is 190 Å². The van der Waals surface area contributed by atoms with Gasteiger partial charge in [0.05, 0.1) is 0 Å². The van der Waals surface area contributed by atoms with Crippen LogP contribution in [0.3, 0.4) is 0 Å². The topological polar surface area (TPSA) is 96.7 Å². The highest BCUT2D eigenvalue weighted by atomic mass is 35.5. The van der Waals surface area contributed by atoms with Crippen molar-refractivity contribution >= 4 is 23.6 Å². The van der Waals surface area contributed by atoms with Crippen molar-refractivity contribution in [3.8, 4) is 11.5 Å². The van der Waals surface area contributed by atoms with Crippen molar-refractivity contribution < 1.29 is 19.4 Å². The van der Waals surface area contributed by atoms with Crippen LogP contribution in [-0.4, -0.2) is 50.9 Å². The summed E-state index contributed by atoms with van der Waals surface area (Å²) in [5.74, 6) is 0.332. The molecule has 9 heteroatoms. The van der Waals surface area contributed by atoms with Crippen molar-refractivity contribution in [3.63, 3.8) is 0 Å². The molecule has 0 radical (unpaired) electrons. The molecule has 0 spiro atoms. The van der Waals surface area contributed by atoms with Crippen LogP contribution in [0.5, 0.6) is 11.5 Å². The molecule has 1 aromatic heterocycles. The van der Waals surface area contributed by atoms with Gasteiger partial charge in [0.15, 0.2) is 5.69 Å². The number of rotatable bonds is 6. The second-order valence-corrected chi connectivity index (χ2v) is 8.02. The maximum absolute atomic E-state index is 12.5. The van der Waals surface area contributed by atoms with Crippen LogP contribution in [0, 0.1) is 0 Å². The number of carbonyl (C=O) groups excluding carboxylic acids is 1. The molecule has 1 saturated heterocycles. The van der Waals surface area contributed by atoms with Crippen LogP contribution in [0.4, 0.5) is 4.79 Å². The van der Waals surface area contributed by atoms with Crippen LogP contribution < -0.4 is 10.1 Å². The quantitative estimate of drug-likeness (QED) is 0.578. The minimum Gasteiger partial charge on any atom is -0.476 e. The Morgan fingerprint density at radius 3 is 2.53 bits per heavy atom. The molecule has 3 aromatic rings. The van der Waals surface area contributed by atoms with Crippen LogP contribution in [0.2, 0.25) is 5.02 Å². The number of aromatic nitrogens is 2. The number of likely N-dealkylation sites (tertiary alicyclic amines) is 1. The Bertz CT molecular complexity index is 1090. The number of nitrogens with zero attached hydrogens (tertiary/aromatic N) is 3. The Morgan fingerprint density at radius 1 is 1.09 bits per heavy atom. The maximum atomic E-state index is 12.5. The first-order valence-electron chi connectivity index (χ1n) is 10.3. The van der Waals surface area contributed by atoms with Crippen molar-refractivity contribution in [3.05, 3.63) is 77.1 Å². The lowest BCUT2D eigenvalue weighted by atomic mass is 10.0. The zero-order chi connectivity index (χ0) is 22.5. The number of halogens is 1. The van der Waals surface area contributed by atoms with E-state index in [0.717, 1.165) is 34.6 Å². The predicted octanol–water partition coefficient (Wildman–Crippen LogP) is 4.25. The van der Waals surface area contributed by atoms with Crippen LogP contribution >= 0.6 is 11.6 Å². The van der Waals surface area contributed by atoms with E-state index in [1.807, 2.05) is 36.4 Å². The molecule has 1 aliphatic rings. The molecule has 1 aliphatic heterocycles. The number of benzene rings is 2. The lowest BCUT2D eigenvalue weighted by Gasteiger charge is -2.32. The van der Waals surface area contributed by atoms with E-state index in [0.29, 0.717) is 24.7 Å². The molecule has 1 fully saturated rings. The first-order valence-corrected chi connectivity index (χ1v) is 10.7. The Morgan fingerprint density at radius 2 is 1.84 bits per heavy atom. The van der Waals surface area contributed by atoms with Crippen molar-refractivity contribution in [2.45, 2.75) is 25.4 Å². The SMILES string of the molecule is O=C(O)c1ccn(C(=O)N2CCC(NCc3cccc(Oc4ccc(Cl)cc4)c3)CC2)n1. The minimum atomic E-state index is -1.15. The first-order chi connectivity index (χ1) is 15.5. The van der Waals surface area contributed by atoms with Gasteiger partial charge < -0.3 is 20.1 Å². The monoisotopic (exact) mass is 454 g/mol. The van der Waals surface area contributed by atoms with E-state index in [4.69, 9.17) is 21.4 Å². The number of carboxylic acid groups (broad SMARTS) is 1. The largest absolute Gasteiger partial charge is 0.476 e. The third kappa shape index (κ3) is 5.46. The Kier molecular flexibility index (Phi) is 6.72. The highest BCUT2D eigenvalue weighted by molar-refractivity contribution is 6.30. The Hall–Kier alpha value is -3.36. The number of hydrogen-bond acceptors (Lipinski definition) is 5. The lowest BCUT2D eigenvalue weighted by molar-refractivity contribution is 0.0690. The molecule has 0 aliphatic carbocycles. The third-order valence-corrected chi connectivity index (χ3v) is 5.56. The smallest absolute Gasteiger partial charge is 0.356 e. The average molecular weight is 455 g/mol. The molecule has 1 amide bonds. The van der Waals surface area contributed by atoms with Crippen LogP contribution in [0.25, 0.3) is 0 Å². The first kappa shape index (κ1) is 21.9. The number of aromatic carboxylic acids is 1. The number of nitrogens with one attached hydrogen (secondary N) is 1. The summed E-state index contributed by atoms with van der Waals surface area (Å²) in [5.41, 5.74) is 0.963. The number of amides is 1. The summed E-state index contributed by atoms with van der Waals surface area (Å²) in [5, 5.41) is 17.0. The van der Waals surface area contributed by atoms with Crippen molar-refractivity contribution in [1.29, 1.82) is 0 Å². The summed E-state index contributed by atoms with van der Waals surface area (Å²) in [7, 11) is 0. The summed E-state index contributed by atoms with van der Waals surface area (Å²) in [6.45, 7) is 1.86. The summed E-state index contributed by atoms with van der Waals surface area (Å²) >= 11 is 5.91. The van der Waals surface area contributed by atoms with Gasteiger partial charge in [0, 0.05) is 36.9 Å². The van der Waals surface area contributed by atoms with Gasteiger partial charge in [-0.1, -0.05) is 23.7 Å². The fraction of sp³-hybridized carbons (Fsp3) is 0.261. The normalized spacial score (nSPS) is 14.3. The van der Waals surface area contributed by atoms with Crippen molar-refractivity contribution in [2.75, 3.05) is 13.1 Å². The zero-order valence-corrected chi connectivity index (χ0v) is 18.0. The van der Waals surface area contributed by atoms with Gasteiger partial charge in [-0.05, 0) is 60.9 Å². The van der Waals surface area contributed by atoms with Gasteiger partial charge in [0.25, 0.3) is 0 Å². The molecular weight excluding hydrogens is 432 g/mol. The summed E-state index contributed by atoms with van der Waals surface area (Å²) in [6, 6.07) is 16.4. The average Bonchev–Trinajstić information content (AvgIpc) is 3.30. The van der Waals surface area contributed by atoms with E-state index in [1.54, 1.807) is 17.0 Å². The van der Waals surface area contributed by atoms with Crippen molar-refractivity contribution in [2.24, 2.45) is 0 Å². The minimum absolute atomic E-state index is 0.142. The third-order valence-electron chi connectivity index (χ3n) is 5.31. The zero-order valence-electron chi connectivity index (χ0n) is 17.3. The molecule has 0 atom stereocenters. The van der Waals surface area contributed by atoms with E-state index in [-0.39, 0.29) is 17.8 Å². The number of hydrogen-bond donors (Lipinski definition) is 2. The lowest BCUT2D eigenvalue weighted by Crippen LogP contribution is -2.46. The van der Waals surface area contributed by atoms with E-state index in [2.05, 4.69) is 10.4 Å². The van der Waals surface area contributed by atoms with E-state index >= 15 is 0 Å². The van der Waals surface area contributed by atoms with E-state index in [1.165, 1.54) is 12.3 Å². The second kappa shape index (κ2) is 9.84. The molecule has 0 unspecified atom stereocenters. The van der Waals surface area contributed by atoms with Crippen LogP contribution in [0.15, 0.2) is 60.8 Å². The number of piperidine rings is 1. The second-order valence-electron chi connectivity index (χ2n) is 7.58. The Balaban J connectivity index is 1.26. The molecule has 32 heavy (non-hydrogen) atoms. The summed E-state index contributed by atoms with van der Waals surface area (Å²) in [4.78, 5) is 25.2. The molecule has 2 aromatic carbocycles. The van der Waals surface area contributed by atoms with Gasteiger partial charge in [-0.25, -0.2) is 9.59 Å². The molecule has 8 nitrogen and oxygen atoms in total. The van der Waals surface area contributed by atoms with Gasteiger partial charge >= 0.3 is 12.0 Å². The highest BCUT2D eigenvalue weighted by Crippen LogP contribution is 2.24. The number of carbonyl (C=O) groups is 2. The molecule has 0 bridgehead atoms. The molecule has 2 N–H and O–H groups in total. The predicted molar refractivity (Wildman–Crippen MR) is 119 cm³/mol. The van der Waals surface area contributed by atoms with Gasteiger partial charge in [-0.3, -0.25) is 0 Å². The van der Waals surface area contributed by atoms with Gasteiger partial charge in [0.1, 0.15) is 11.5 Å². The highest BCUT2D eigenvalue weighted by Gasteiger charge is 2.24. The summed E-state index contributed by atoms with van der Waals surface area (Å²) in [6.07, 6.45) is 2.99. The molecule has 0 saturated carbocycles. The molecule has 4 rings (SSSR count). The fourth-order valence-electron chi connectivity index (χ4n) is 3.58. The van der Waals surface area contributed by atoms with Crippen molar-refractivity contribution in [1.82, 2.24) is 20.0 Å². The molecular formula is C23H23ClN4O4. The summed E-state index contributed by atoms with van der Waals surface area (Å²) < 4.78 is 6.98. The number of ether oxygens (including phenoxy) is 1. The van der Waals surface area contributed by atoms with Gasteiger partial charge in [0.2, 0.25) is 0 Å². The van der Waals surface area contributed by atoms with E-state index < -0.39 is 5.97 Å². The molecule has 2 heterocycles. The van der Waals surface area contributed by atoms with Crippen LogP contribution in [0.1, 0.15) is 28.9 Å². The van der Waals surface area contributed by atoms with E-state index in [9.17, 15) is 9.59 Å². The number of carboxylic acids is 1. The van der Waals surface area contributed by atoms with Gasteiger partial charge in [-0.2, -0.15) is 9.78 Å². The molecule has 166 valence electrons. The van der Waals surface area contributed by atoms with Crippen LogP contribution in [-0.2, 0) is 6.54 Å².